The maximum absolute atomic E-state index is 12.2. The highest BCUT2D eigenvalue weighted by Crippen LogP contribution is 2.23. The zero-order valence-electron chi connectivity index (χ0n) is 14.4. The zero-order chi connectivity index (χ0) is 19.2. The Morgan fingerprint density at radius 2 is 1.96 bits per heavy atom. The third kappa shape index (κ3) is 5.96. The second-order valence-corrected chi connectivity index (χ2v) is 7.86. The molecule has 0 aromatic heterocycles. The maximum Gasteiger partial charge on any atom is 0.340 e. The van der Waals surface area contributed by atoms with E-state index in [4.69, 9.17) is 16.3 Å². The molecule has 0 unspecified atom stereocenters. The van der Waals surface area contributed by atoms with Gasteiger partial charge in [0.1, 0.15) is 0 Å². The van der Waals surface area contributed by atoms with E-state index in [2.05, 4.69) is 10.2 Å². The number of hydrogen-bond donors (Lipinski definition) is 1. The predicted octanol–water partition coefficient (Wildman–Crippen LogP) is 1.45. The Kier molecular flexibility index (Phi) is 7.81. The lowest BCUT2D eigenvalue weighted by molar-refractivity contribution is -0.124. The number of esters is 1. The smallest absolute Gasteiger partial charge is 0.340 e. The summed E-state index contributed by atoms with van der Waals surface area (Å²) in [6.45, 7) is 3.81. The standard InChI is InChI=1S/C15H21ClN2O6S/c1-10(2)8-17-14(19)9-24-15(20)12-7-11(5-6-13(12)16)25(21,22)18(3)23-4/h5-7,10H,8-9H2,1-4H3,(H,17,19). The van der Waals surface area contributed by atoms with E-state index < -0.39 is 28.5 Å². The summed E-state index contributed by atoms with van der Waals surface area (Å²) in [6, 6.07) is 3.56. The van der Waals surface area contributed by atoms with Crippen molar-refractivity contribution >= 4 is 33.5 Å². The van der Waals surface area contributed by atoms with E-state index in [-0.39, 0.29) is 21.4 Å². The molecule has 0 aliphatic rings. The van der Waals surface area contributed by atoms with Crippen LogP contribution in [0, 0.1) is 5.92 Å². The van der Waals surface area contributed by atoms with Crippen LogP contribution >= 0.6 is 11.6 Å². The molecule has 10 heteroatoms. The molecule has 0 aliphatic carbocycles. The highest BCUT2D eigenvalue weighted by molar-refractivity contribution is 7.89. The number of carbonyl (C=O) groups excluding carboxylic acids is 2. The van der Waals surface area contributed by atoms with Crippen LogP contribution in [-0.2, 0) is 24.4 Å². The first-order chi connectivity index (χ1) is 11.6. The normalized spacial score (nSPS) is 11.6. The molecule has 25 heavy (non-hydrogen) atoms. The zero-order valence-corrected chi connectivity index (χ0v) is 16.0. The van der Waals surface area contributed by atoms with E-state index in [1.165, 1.54) is 26.3 Å². The van der Waals surface area contributed by atoms with E-state index in [9.17, 15) is 18.0 Å². The average molecular weight is 393 g/mol. The van der Waals surface area contributed by atoms with Gasteiger partial charge in [-0.05, 0) is 24.1 Å². The third-order valence-electron chi connectivity index (χ3n) is 3.09. The number of nitrogens with one attached hydrogen (secondary N) is 1. The molecule has 0 saturated carbocycles. The topological polar surface area (TPSA) is 102 Å². The van der Waals surface area contributed by atoms with Crippen LogP contribution in [0.25, 0.3) is 0 Å². The number of carbonyl (C=O) groups is 2. The van der Waals surface area contributed by atoms with Gasteiger partial charge in [-0.2, -0.15) is 0 Å². The average Bonchev–Trinajstić information content (AvgIpc) is 2.57. The second-order valence-electron chi connectivity index (χ2n) is 5.51. The molecule has 1 N–H and O–H groups in total. The van der Waals surface area contributed by atoms with Gasteiger partial charge in [-0.1, -0.05) is 29.9 Å². The minimum absolute atomic E-state index is 0.00612. The van der Waals surface area contributed by atoms with E-state index in [0.717, 1.165) is 6.07 Å². The predicted molar refractivity (Wildman–Crippen MR) is 91.5 cm³/mol. The van der Waals surface area contributed by atoms with Gasteiger partial charge in [0.15, 0.2) is 6.61 Å². The van der Waals surface area contributed by atoms with E-state index in [1.807, 2.05) is 13.8 Å². The van der Waals surface area contributed by atoms with Crippen molar-refractivity contribution in [3.8, 4) is 0 Å². The van der Waals surface area contributed by atoms with Gasteiger partial charge in [0.25, 0.3) is 15.9 Å². The van der Waals surface area contributed by atoms with Crippen molar-refractivity contribution < 1.29 is 27.6 Å². The van der Waals surface area contributed by atoms with Crippen molar-refractivity contribution in [1.82, 2.24) is 9.79 Å². The number of sulfonamides is 1. The molecule has 1 rings (SSSR count). The maximum atomic E-state index is 12.2. The SMILES string of the molecule is CON(C)S(=O)(=O)c1ccc(Cl)c(C(=O)OCC(=O)NCC(C)C)c1. The molecule has 140 valence electrons. The minimum Gasteiger partial charge on any atom is -0.452 e. The molecule has 1 aromatic rings. The molecular weight excluding hydrogens is 372 g/mol. The van der Waals surface area contributed by atoms with Crippen molar-refractivity contribution in [1.29, 1.82) is 0 Å². The number of benzene rings is 1. The van der Waals surface area contributed by atoms with Crippen LogP contribution in [0.15, 0.2) is 23.1 Å². The lowest BCUT2D eigenvalue weighted by atomic mass is 10.2. The van der Waals surface area contributed by atoms with Gasteiger partial charge in [0.05, 0.1) is 22.6 Å². The highest BCUT2D eigenvalue weighted by Gasteiger charge is 2.24. The van der Waals surface area contributed by atoms with Crippen molar-refractivity contribution in [2.75, 3.05) is 27.3 Å². The summed E-state index contributed by atoms with van der Waals surface area (Å²) in [6.07, 6.45) is 0. The van der Waals surface area contributed by atoms with Gasteiger partial charge >= 0.3 is 5.97 Å². The Labute approximate surface area is 152 Å². The van der Waals surface area contributed by atoms with Gasteiger partial charge in [0, 0.05) is 13.6 Å². The largest absolute Gasteiger partial charge is 0.452 e. The minimum atomic E-state index is -3.95. The quantitative estimate of drug-likeness (QED) is 0.530. The lowest BCUT2D eigenvalue weighted by Gasteiger charge is -2.15. The van der Waals surface area contributed by atoms with Crippen LogP contribution in [0.3, 0.4) is 0 Å². The van der Waals surface area contributed by atoms with Crippen LogP contribution in [0.1, 0.15) is 24.2 Å². The Balaban J connectivity index is 2.89. The summed E-state index contributed by atoms with van der Waals surface area (Å²) in [7, 11) is -1.54. The first-order valence-electron chi connectivity index (χ1n) is 7.36. The molecule has 0 atom stereocenters. The molecule has 0 radical (unpaired) electrons. The molecule has 0 saturated heterocycles. The van der Waals surface area contributed by atoms with Crippen LogP contribution in [-0.4, -0.2) is 52.1 Å². The lowest BCUT2D eigenvalue weighted by Crippen LogP contribution is -2.31. The van der Waals surface area contributed by atoms with Gasteiger partial charge in [-0.15, -0.1) is 0 Å². The molecule has 0 bridgehead atoms. The number of amides is 1. The number of hydroxylamine groups is 1. The number of rotatable bonds is 8. The number of nitrogens with zero attached hydrogens (tertiary/aromatic N) is 1. The molecule has 1 amide bonds. The molecule has 0 spiro atoms. The number of hydrogen-bond acceptors (Lipinski definition) is 6. The number of halogens is 1. The second kappa shape index (κ2) is 9.14. The van der Waals surface area contributed by atoms with E-state index in [0.29, 0.717) is 11.0 Å². The van der Waals surface area contributed by atoms with Crippen molar-refractivity contribution in [2.45, 2.75) is 18.7 Å². The van der Waals surface area contributed by atoms with Crippen molar-refractivity contribution in [3.05, 3.63) is 28.8 Å². The Bertz CT molecular complexity index is 736. The Morgan fingerprint density at radius 3 is 2.52 bits per heavy atom. The highest BCUT2D eigenvalue weighted by atomic mass is 35.5. The summed E-state index contributed by atoms with van der Waals surface area (Å²) in [5, 5.41) is 2.60. The van der Waals surface area contributed by atoms with Crippen molar-refractivity contribution in [3.63, 3.8) is 0 Å². The van der Waals surface area contributed by atoms with Crippen LogP contribution in [0.4, 0.5) is 0 Å². The molecule has 0 fully saturated rings. The summed E-state index contributed by atoms with van der Waals surface area (Å²) in [5.74, 6) is -1.10. The van der Waals surface area contributed by atoms with Crippen LogP contribution < -0.4 is 5.32 Å². The summed E-state index contributed by atoms with van der Waals surface area (Å²) >= 11 is 5.93. The molecule has 8 nitrogen and oxygen atoms in total. The Hall–Kier alpha value is -1.68. The summed E-state index contributed by atoms with van der Waals surface area (Å²) in [4.78, 5) is 28.2. The summed E-state index contributed by atoms with van der Waals surface area (Å²) < 4.78 is 29.9. The molecule has 0 aliphatic heterocycles. The molecular formula is C15H21ClN2O6S. The fourth-order valence-electron chi connectivity index (χ4n) is 1.65. The van der Waals surface area contributed by atoms with Gasteiger partial charge < -0.3 is 10.1 Å². The van der Waals surface area contributed by atoms with Gasteiger partial charge in [0.2, 0.25) is 0 Å². The monoisotopic (exact) mass is 392 g/mol. The fraction of sp³-hybridized carbons (Fsp3) is 0.467. The van der Waals surface area contributed by atoms with Crippen molar-refractivity contribution in [2.24, 2.45) is 5.92 Å². The Morgan fingerprint density at radius 1 is 1.32 bits per heavy atom. The first kappa shape index (κ1) is 21.4. The van der Waals surface area contributed by atoms with E-state index in [1.54, 1.807) is 0 Å². The van der Waals surface area contributed by atoms with E-state index >= 15 is 0 Å². The fourth-order valence-corrected chi connectivity index (χ4v) is 2.84. The molecule has 1 aromatic carbocycles. The van der Waals surface area contributed by atoms with Gasteiger partial charge in [-0.25, -0.2) is 13.2 Å². The molecule has 0 heterocycles. The number of ether oxygens (including phenoxy) is 1. The first-order valence-corrected chi connectivity index (χ1v) is 9.17. The van der Waals surface area contributed by atoms with Gasteiger partial charge in [-0.3, -0.25) is 9.63 Å². The summed E-state index contributed by atoms with van der Waals surface area (Å²) in [5.41, 5.74) is -0.163. The van der Waals surface area contributed by atoms with Crippen LogP contribution in [0.5, 0.6) is 0 Å². The van der Waals surface area contributed by atoms with Crippen LogP contribution in [0.2, 0.25) is 5.02 Å². The third-order valence-corrected chi connectivity index (χ3v) is 5.10.